The quantitative estimate of drug-likeness (QED) is 0.601. The molecule has 0 spiro atoms. The van der Waals surface area contributed by atoms with E-state index in [1.807, 2.05) is 30.0 Å². The number of nitrogens with one attached hydrogen (secondary N) is 1. The van der Waals surface area contributed by atoms with Gasteiger partial charge in [-0.05, 0) is 49.9 Å². The first-order valence-electron chi connectivity index (χ1n) is 10.3. The van der Waals surface area contributed by atoms with Crippen molar-refractivity contribution in [2.75, 3.05) is 31.2 Å². The van der Waals surface area contributed by atoms with E-state index in [1.165, 1.54) is 23.3 Å². The van der Waals surface area contributed by atoms with Gasteiger partial charge in [0.1, 0.15) is 22.2 Å². The Balaban J connectivity index is 1.46. The van der Waals surface area contributed by atoms with Gasteiger partial charge in [-0.15, -0.1) is 11.3 Å². The van der Waals surface area contributed by atoms with Crippen LogP contribution in [0.4, 0.5) is 11.5 Å². The number of carbonyl (C=O) groups is 1. The number of hydrogen-bond acceptors (Lipinski definition) is 7. The molecule has 3 aromatic rings. The van der Waals surface area contributed by atoms with Crippen molar-refractivity contribution in [3.63, 3.8) is 0 Å². The molecule has 2 heterocycles. The molecule has 1 aromatic carbocycles. The highest BCUT2D eigenvalue weighted by Gasteiger charge is 2.21. The van der Waals surface area contributed by atoms with Crippen LogP contribution in [0.25, 0.3) is 10.2 Å². The van der Waals surface area contributed by atoms with Crippen LogP contribution in [0.3, 0.4) is 0 Å². The van der Waals surface area contributed by atoms with Crippen molar-refractivity contribution in [2.24, 2.45) is 0 Å². The molecule has 0 bridgehead atoms. The van der Waals surface area contributed by atoms with Crippen LogP contribution >= 0.6 is 11.3 Å². The molecule has 30 heavy (non-hydrogen) atoms. The molecule has 0 unspecified atom stereocenters. The Morgan fingerprint density at radius 1 is 1.30 bits per heavy atom. The Kier molecular flexibility index (Phi) is 6.15. The second kappa shape index (κ2) is 8.97. The molecule has 8 heteroatoms. The second-order valence-corrected chi connectivity index (χ2v) is 8.58. The lowest BCUT2D eigenvalue weighted by molar-refractivity contribution is -0.117. The van der Waals surface area contributed by atoms with E-state index in [-0.39, 0.29) is 12.5 Å². The average molecular weight is 426 g/mol. The van der Waals surface area contributed by atoms with Gasteiger partial charge in [-0.2, -0.15) is 0 Å². The summed E-state index contributed by atoms with van der Waals surface area (Å²) < 4.78 is 5.21. The highest BCUT2D eigenvalue weighted by molar-refractivity contribution is 7.19. The number of benzene rings is 1. The number of likely N-dealkylation sites (N-methyl/N-ethyl adjacent to an activating group) is 1. The summed E-state index contributed by atoms with van der Waals surface area (Å²) in [5, 5.41) is 3.96. The van der Waals surface area contributed by atoms with Crippen molar-refractivity contribution < 1.29 is 9.53 Å². The molecular weight excluding hydrogens is 398 g/mol. The maximum Gasteiger partial charge on any atom is 0.238 e. The number of nitrogen functional groups attached to an aromatic ring is 1. The van der Waals surface area contributed by atoms with Crippen LogP contribution in [0.5, 0.6) is 5.75 Å². The molecular formula is C22H27N5O2S. The predicted molar refractivity (Wildman–Crippen MR) is 121 cm³/mol. The lowest BCUT2D eigenvalue weighted by Gasteiger charge is -2.19. The Bertz CT molecular complexity index is 1070. The van der Waals surface area contributed by atoms with Gasteiger partial charge < -0.3 is 15.8 Å². The number of carbonyl (C=O) groups excluding carboxylic acids is 1. The largest absolute Gasteiger partial charge is 0.497 e. The Morgan fingerprint density at radius 3 is 2.93 bits per heavy atom. The number of anilines is 2. The molecule has 0 fully saturated rings. The van der Waals surface area contributed by atoms with Gasteiger partial charge in [0.05, 0.1) is 25.6 Å². The number of thiophene rings is 1. The lowest BCUT2D eigenvalue weighted by atomic mass is 9.97. The molecule has 1 aliphatic rings. The zero-order chi connectivity index (χ0) is 21.1. The van der Waals surface area contributed by atoms with Crippen LogP contribution in [0.1, 0.15) is 36.0 Å². The summed E-state index contributed by atoms with van der Waals surface area (Å²) in [5.74, 6) is 1.84. The van der Waals surface area contributed by atoms with Crippen LogP contribution in [-0.4, -0.2) is 41.0 Å². The van der Waals surface area contributed by atoms with Crippen LogP contribution in [0.15, 0.2) is 24.3 Å². The molecule has 0 saturated heterocycles. The van der Waals surface area contributed by atoms with Crippen molar-refractivity contribution in [1.82, 2.24) is 14.9 Å². The van der Waals surface area contributed by atoms with Gasteiger partial charge in [0.15, 0.2) is 0 Å². The smallest absolute Gasteiger partial charge is 0.238 e. The van der Waals surface area contributed by atoms with Crippen molar-refractivity contribution in [1.29, 1.82) is 0 Å². The molecule has 158 valence electrons. The predicted octanol–water partition coefficient (Wildman–Crippen LogP) is 3.62. The summed E-state index contributed by atoms with van der Waals surface area (Å²) in [6.45, 7) is 3.44. The van der Waals surface area contributed by atoms with E-state index in [1.54, 1.807) is 24.5 Å². The number of rotatable bonds is 7. The van der Waals surface area contributed by atoms with Crippen LogP contribution in [0, 0.1) is 0 Å². The third kappa shape index (κ3) is 4.39. The van der Waals surface area contributed by atoms with Crippen molar-refractivity contribution in [3.05, 3.63) is 40.5 Å². The molecule has 4 rings (SSSR count). The Labute approximate surface area is 180 Å². The Hall–Kier alpha value is -2.71. The summed E-state index contributed by atoms with van der Waals surface area (Å²) >= 11 is 1.74. The van der Waals surface area contributed by atoms with Gasteiger partial charge in [0.25, 0.3) is 0 Å². The maximum absolute atomic E-state index is 12.5. The van der Waals surface area contributed by atoms with Gasteiger partial charge in [-0.25, -0.2) is 9.97 Å². The molecule has 2 aromatic heterocycles. The first kappa shape index (κ1) is 20.6. The third-order valence-electron chi connectivity index (χ3n) is 5.42. The number of aryl methyl sites for hydroxylation is 2. The number of hydrogen-bond donors (Lipinski definition) is 2. The molecule has 0 aliphatic heterocycles. The number of aromatic nitrogens is 2. The first-order valence-corrected chi connectivity index (χ1v) is 11.1. The third-order valence-corrected chi connectivity index (χ3v) is 6.61. The summed E-state index contributed by atoms with van der Waals surface area (Å²) in [6.07, 6.45) is 4.60. The minimum absolute atomic E-state index is 0.0919. The summed E-state index contributed by atoms with van der Waals surface area (Å²) in [5.41, 5.74) is 8.37. The molecule has 0 saturated carbocycles. The van der Waals surface area contributed by atoms with E-state index in [0.29, 0.717) is 36.2 Å². The van der Waals surface area contributed by atoms with Gasteiger partial charge in [0.2, 0.25) is 5.91 Å². The topological polar surface area (TPSA) is 93.4 Å². The average Bonchev–Trinajstić information content (AvgIpc) is 3.12. The zero-order valence-electron chi connectivity index (χ0n) is 17.4. The van der Waals surface area contributed by atoms with Gasteiger partial charge in [0, 0.05) is 16.6 Å². The molecule has 0 atom stereocenters. The number of nitrogens with zero attached hydrogens (tertiary/aromatic N) is 3. The summed E-state index contributed by atoms with van der Waals surface area (Å²) in [6, 6.07) is 7.32. The van der Waals surface area contributed by atoms with Crippen LogP contribution in [0.2, 0.25) is 0 Å². The molecule has 7 nitrogen and oxygen atoms in total. The maximum atomic E-state index is 12.5. The minimum Gasteiger partial charge on any atom is -0.497 e. The van der Waals surface area contributed by atoms with Gasteiger partial charge in [-0.3, -0.25) is 9.69 Å². The van der Waals surface area contributed by atoms with Gasteiger partial charge >= 0.3 is 0 Å². The molecule has 1 aliphatic carbocycles. The number of amides is 1. The number of methoxy groups -OCH3 is 1. The summed E-state index contributed by atoms with van der Waals surface area (Å²) in [4.78, 5) is 26.3. The van der Waals surface area contributed by atoms with E-state index >= 15 is 0 Å². The molecule has 1 amide bonds. The fraction of sp³-hybridized carbons (Fsp3) is 0.409. The van der Waals surface area contributed by atoms with Crippen LogP contribution in [-0.2, 0) is 24.2 Å². The highest BCUT2D eigenvalue weighted by Crippen LogP contribution is 2.37. The van der Waals surface area contributed by atoms with E-state index < -0.39 is 0 Å². The van der Waals surface area contributed by atoms with E-state index in [0.717, 1.165) is 23.1 Å². The second-order valence-electron chi connectivity index (χ2n) is 7.50. The summed E-state index contributed by atoms with van der Waals surface area (Å²) in [7, 11) is 1.60. The normalized spacial score (nSPS) is 13.4. The van der Waals surface area contributed by atoms with E-state index in [4.69, 9.17) is 15.5 Å². The number of ether oxygens (including phenoxy) is 1. The van der Waals surface area contributed by atoms with Crippen molar-refractivity contribution in [3.8, 4) is 5.75 Å². The highest BCUT2D eigenvalue weighted by atomic mass is 32.1. The zero-order valence-corrected chi connectivity index (χ0v) is 18.2. The van der Waals surface area contributed by atoms with Gasteiger partial charge in [-0.1, -0.05) is 13.0 Å². The molecule has 0 radical (unpaired) electrons. The Morgan fingerprint density at radius 2 is 2.13 bits per heavy atom. The standard InChI is InChI=1S/C22H27N5O2S/c1-3-27(13-19(28)24-14-7-6-8-15(11-14)29-2)12-18-25-21(23)20-16-9-4-5-10-17(16)30-22(20)26-18/h6-8,11H,3-5,9-10,12-13H2,1-2H3,(H,24,28)(H2,23,25,26). The molecule has 3 N–H and O–H groups in total. The van der Waals surface area contributed by atoms with E-state index in [9.17, 15) is 4.79 Å². The SMILES string of the molecule is CCN(CC(=O)Nc1cccc(OC)c1)Cc1nc(N)c2c3c(sc2n1)CCCC3. The fourth-order valence-corrected chi connectivity index (χ4v) is 5.17. The first-order chi connectivity index (χ1) is 14.6. The number of nitrogens with two attached hydrogens (primary N) is 1. The minimum atomic E-state index is -0.0919. The lowest BCUT2D eigenvalue weighted by Crippen LogP contribution is -2.33. The van der Waals surface area contributed by atoms with Crippen molar-refractivity contribution in [2.45, 2.75) is 39.2 Å². The fourth-order valence-electron chi connectivity index (χ4n) is 3.89. The number of fused-ring (bicyclic) bond motifs is 3. The van der Waals surface area contributed by atoms with E-state index in [2.05, 4.69) is 10.3 Å². The monoisotopic (exact) mass is 425 g/mol. The van der Waals surface area contributed by atoms with Crippen molar-refractivity contribution >= 4 is 39.0 Å². The van der Waals surface area contributed by atoms with Crippen LogP contribution < -0.4 is 15.8 Å².